The van der Waals surface area contributed by atoms with E-state index in [0.717, 1.165) is 22.3 Å². The second-order valence-electron chi connectivity index (χ2n) is 9.31. The minimum Gasteiger partial charge on any atom is -0.465 e. The van der Waals surface area contributed by atoms with Crippen LogP contribution < -0.4 is 0 Å². The van der Waals surface area contributed by atoms with Gasteiger partial charge in [-0.1, -0.05) is 76.2 Å². The van der Waals surface area contributed by atoms with Gasteiger partial charge in [0, 0.05) is 11.8 Å². The molecule has 0 fully saturated rings. The van der Waals surface area contributed by atoms with Crippen molar-refractivity contribution in [2.75, 3.05) is 13.2 Å². The van der Waals surface area contributed by atoms with Crippen LogP contribution in [-0.4, -0.2) is 25.2 Å². The zero-order valence-electron chi connectivity index (χ0n) is 18.1. The molecule has 3 aliphatic rings. The predicted octanol–water partition coefficient (Wildman–Crippen LogP) is 4.91. The third kappa shape index (κ3) is 3.53. The van der Waals surface area contributed by atoms with Gasteiger partial charge in [0.1, 0.15) is 0 Å². The molecule has 158 valence electrons. The van der Waals surface area contributed by atoms with Crippen molar-refractivity contribution in [3.63, 3.8) is 0 Å². The summed E-state index contributed by atoms with van der Waals surface area (Å²) in [7, 11) is 0. The summed E-state index contributed by atoms with van der Waals surface area (Å²) in [4.78, 5) is 26.7. The Hall–Kier alpha value is -2.62. The fraction of sp³-hybridized carbons (Fsp3) is 0.462. The summed E-state index contributed by atoms with van der Waals surface area (Å²) in [5.74, 6) is -1.65. The maximum atomic E-state index is 13.3. The van der Waals surface area contributed by atoms with Crippen molar-refractivity contribution in [2.24, 2.45) is 23.7 Å². The maximum Gasteiger partial charge on any atom is 0.310 e. The normalized spacial score (nSPS) is 23.8. The number of rotatable bonds is 6. The van der Waals surface area contributed by atoms with Crippen LogP contribution in [0.15, 0.2) is 48.5 Å². The molecule has 0 aromatic heterocycles. The van der Waals surface area contributed by atoms with Crippen LogP contribution in [0.4, 0.5) is 0 Å². The van der Waals surface area contributed by atoms with Crippen molar-refractivity contribution in [2.45, 2.75) is 39.5 Å². The number of benzene rings is 2. The van der Waals surface area contributed by atoms with Crippen molar-refractivity contribution in [3.8, 4) is 0 Å². The van der Waals surface area contributed by atoms with Gasteiger partial charge in [-0.15, -0.1) is 0 Å². The summed E-state index contributed by atoms with van der Waals surface area (Å²) in [6.45, 7) is 8.75. The molecule has 2 aromatic rings. The number of fused-ring (bicyclic) bond motifs is 1. The van der Waals surface area contributed by atoms with Crippen molar-refractivity contribution >= 4 is 11.9 Å². The number of hydrogen-bond acceptors (Lipinski definition) is 4. The molecule has 2 unspecified atom stereocenters. The van der Waals surface area contributed by atoms with Crippen LogP contribution in [0.3, 0.4) is 0 Å². The summed E-state index contributed by atoms with van der Waals surface area (Å²) >= 11 is 0. The van der Waals surface area contributed by atoms with Crippen LogP contribution in [0, 0.1) is 23.7 Å². The number of ether oxygens (including phenoxy) is 2. The topological polar surface area (TPSA) is 52.6 Å². The molecule has 4 nitrogen and oxygen atoms in total. The van der Waals surface area contributed by atoms with Gasteiger partial charge in [-0.25, -0.2) is 0 Å². The van der Waals surface area contributed by atoms with Gasteiger partial charge in [0.2, 0.25) is 0 Å². The highest BCUT2D eigenvalue weighted by molar-refractivity contribution is 5.88. The Labute approximate surface area is 178 Å². The van der Waals surface area contributed by atoms with E-state index in [0.29, 0.717) is 13.2 Å². The summed E-state index contributed by atoms with van der Waals surface area (Å²) in [6, 6.07) is 16.4. The lowest BCUT2D eigenvalue weighted by Gasteiger charge is -2.48. The Kier molecular flexibility index (Phi) is 5.68. The first-order valence-corrected chi connectivity index (χ1v) is 10.9. The van der Waals surface area contributed by atoms with Crippen LogP contribution in [0.25, 0.3) is 0 Å². The van der Waals surface area contributed by atoms with E-state index in [-0.39, 0.29) is 35.6 Å². The van der Waals surface area contributed by atoms with E-state index in [1.54, 1.807) is 0 Å². The molecule has 0 radical (unpaired) electrons. The number of hydrogen-bond donors (Lipinski definition) is 0. The van der Waals surface area contributed by atoms with Crippen LogP contribution in [-0.2, 0) is 19.1 Å². The molecule has 0 saturated carbocycles. The number of carbonyl (C=O) groups excluding carboxylic acids is 2. The molecule has 0 saturated heterocycles. The third-order valence-electron chi connectivity index (χ3n) is 6.10. The Morgan fingerprint density at radius 3 is 1.23 bits per heavy atom. The third-order valence-corrected chi connectivity index (χ3v) is 6.10. The quantitative estimate of drug-likeness (QED) is 0.640. The Balaban J connectivity index is 1.82. The molecule has 2 atom stereocenters. The van der Waals surface area contributed by atoms with E-state index < -0.39 is 11.8 Å². The highest BCUT2D eigenvalue weighted by Gasteiger charge is 2.56. The van der Waals surface area contributed by atoms with Crippen LogP contribution in [0.1, 0.15) is 61.8 Å². The van der Waals surface area contributed by atoms with Crippen molar-refractivity contribution < 1.29 is 19.1 Å². The monoisotopic (exact) mass is 406 g/mol. The molecule has 4 heteroatoms. The molecule has 0 amide bonds. The molecule has 30 heavy (non-hydrogen) atoms. The molecule has 0 spiro atoms. The molecular formula is C26H30O4. The van der Waals surface area contributed by atoms with Crippen molar-refractivity contribution in [3.05, 3.63) is 70.8 Å². The standard InChI is InChI=1S/C26H30O4/c1-15(2)13-29-25(27)23-21-17-9-5-7-11-19(17)22(20-12-8-6-10-18(20)21)24(23)26(28)30-14-16(3)4/h5-12,15-16,21-24H,13-14H2,1-4H3. The summed E-state index contributed by atoms with van der Waals surface area (Å²) in [5.41, 5.74) is 4.50. The number of esters is 2. The summed E-state index contributed by atoms with van der Waals surface area (Å²) < 4.78 is 11.4. The van der Waals surface area contributed by atoms with E-state index in [2.05, 4.69) is 24.3 Å². The van der Waals surface area contributed by atoms with Crippen molar-refractivity contribution in [1.29, 1.82) is 0 Å². The first-order chi connectivity index (χ1) is 14.4. The SMILES string of the molecule is CC(C)COC(=O)C1C2c3ccccc3C(c3ccccc32)C1C(=O)OCC(C)C. The molecule has 0 N–H and O–H groups in total. The lowest BCUT2D eigenvalue weighted by Crippen LogP contribution is -2.48. The fourth-order valence-corrected chi connectivity index (χ4v) is 4.93. The maximum absolute atomic E-state index is 13.3. The number of carbonyl (C=O) groups is 2. The molecule has 2 aromatic carbocycles. The molecule has 0 heterocycles. The highest BCUT2D eigenvalue weighted by Crippen LogP contribution is 2.58. The average molecular weight is 407 g/mol. The van der Waals surface area contributed by atoms with Gasteiger partial charge in [0.05, 0.1) is 25.0 Å². The Bertz CT molecular complexity index is 822. The Morgan fingerprint density at radius 1 is 0.667 bits per heavy atom. The smallest absolute Gasteiger partial charge is 0.310 e. The minimum atomic E-state index is -0.571. The van der Waals surface area contributed by atoms with Gasteiger partial charge in [-0.05, 0) is 34.1 Å². The van der Waals surface area contributed by atoms with Crippen LogP contribution in [0.2, 0.25) is 0 Å². The molecule has 5 rings (SSSR count). The van der Waals surface area contributed by atoms with Gasteiger partial charge >= 0.3 is 11.9 Å². The van der Waals surface area contributed by atoms with Gasteiger partial charge in [0.25, 0.3) is 0 Å². The van der Waals surface area contributed by atoms with Gasteiger partial charge in [0.15, 0.2) is 0 Å². The van der Waals surface area contributed by atoms with Crippen LogP contribution >= 0.6 is 0 Å². The van der Waals surface area contributed by atoms with Gasteiger partial charge < -0.3 is 9.47 Å². The van der Waals surface area contributed by atoms with Gasteiger partial charge in [-0.2, -0.15) is 0 Å². The summed E-state index contributed by atoms with van der Waals surface area (Å²) in [5, 5.41) is 0. The zero-order valence-corrected chi connectivity index (χ0v) is 18.1. The molecule has 3 aliphatic carbocycles. The second kappa shape index (κ2) is 8.25. The minimum absolute atomic E-state index is 0.196. The molecule has 2 bridgehead atoms. The van der Waals surface area contributed by atoms with Crippen molar-refractivity contribution in [1.82, 2.24) is 0 Å². The lowest BCUT2D eigenvalue weighted by atomic mass is 9.54. The van der Waals surface area contributed by atoms with E-state index >= 15 is 0 Å². The average Bonchev–Trinajstić information content (AvgIpc) is 2.75. The van der Waals surface area contributed by atoms with Gasteiger partial charge in [-0.3, -0.25) is 9.59 Å². The molecule has 0 aliphatic heterocycles. The first-order valence-electron chi connectivity index (χ1n) is 10.9. The summed E-state index contributed by atoms with van der Waals surface area (Å²) in [6.07, 6.45) is 0. The Morgan fingerprint density at radius 2 is 0.967 bits per heavy atom. The highest BCUT2D eigenvalue weighted by atomic mass is 16.5. The second-order valence-corrected chi connectivity index (χ2v) is 9.31. The molecular weight excluding hydrogens is 376 g/mol. The lowest BCUT2D eigenvalue weighted by molar-refractivity contribution is -0.164. The predicted molar refractivity (Wildman–Crippen MR) is 115 cm³/mol. The fourth-order valence-electron chi connectivity index (χ4n) is 4.93. The van der Waals surface area contributed by atoms with E-state index in [9.17, 15) is 9.59 Å². The largest absolute Gasteiger partial charge is 0.465 e. The van der Waals surface area contributed by atoms with E-state index in [1.165, 1.54) is 0 Å². The zero-order chi connectivity index (χ0) is 21.4. The van der Waals surface area contributed by atoms with E-state index in [4.69, 9.17) is 9.47 Å². The van der Waals surface area contributed by atoms with Crippen LogP contribution in [0.5, 0.6) is 0 Å². The first kappa shape index (κ1) is 20.6. The van der Waals surface area contributed by atoms with E-state index in [1.807, 2.05) is 52.0 Å².